The summed E-state index contributed by atoms with van der Waals surface area (Å²) in [5.41, 5.74) is 4.00. The lowest BCUT2D eigenvalue weighted by molar-refractivity contribution is 0.690. The third-order valence-corrected chi connectivity index (χ3v) is 3.84. The van der Waals surface area contributed by atoms with Crippen molar-refractivity contribution in [2.24, 2.45) is 0 Å². The summed E-state index contributed by atoms with van der Waals surface area (Å²) in [6.45, 7) is 8.10. The van der Waals surface area contributed by atoms with Gasteiger partial charge in [0.25, 0.3) is 0 Å². The zero-order valence-electron chi connectivity index (χ0n) is 11.7. The number of nitrogens with one attached hydrogen (secondary N) is 1. The van der Waals surface area contributed by atoms with E-state index in [2.05, 4.69) is 53.8 Å². The molecular weight excluding hydrogens is 232 g/mol. The molecule has 0 spiro atoms. The average molecular weight is 254 g/mol. The van der Waals surface area contributed by atoms with Crippen LogP contribution in [-0.2, 0) is 13.1 Å². The van der Waals surface area contributed by atoms with Crippen LogP contribution >= 0.6 is 0 Å². The van der Waals surface area contributed by atoms with Gasteiger partial charge >= 0.3 is 0 Å². The van der Waals surface area contributed by atoms with Gasteiger partial charge in [-0.25, -0.2) is 0 Å². The Morgan fingerprint density at radius 3 is 2.95 bits per heavy atom. The lowest BCUT2D eigenvalue weighted by Gasteiger charge is -2.08. The molecule has 0 aliphatic heterocycles. The van der Waals surface area contributed by atoms with Gasteiger partial charge in [0, 0.05) is 36.2 Å². The maximum Gasteiger partial charge on any atom is 0.0483 e. The van der Waals surface area contributed by atoms with E-state index < -0.39 is 0 Å². The number of nitrogens with zero attached hydrogens (tertiary/aromatic N) is 1. The first-order valence-electron chi connectivity index (χ1n) is 7.18. The molecule has 3 rings (SSSR count). The third kappa shape index (κ3) is 2.90. The van der Waals surface area contributed by atoms with Gasteiger partial charge in [0.2, 0.25) is 0 Å². The molecule has 100 valence electrons. The van der Waals surface area contributed by atoms with Crippen molar-refractivity contribution in [3.05, 3.63) is 48.2 Å². The lowest BCUT2D eigenvalue weighted by Crippen LogP contribution is -2.15. The molecule has 2 heteroatoms. The summed E-state index contributed by atoms with van der Waals surface area (Å²) in [7, 11) is 0. The standard InChI is InChI=1S/C17H22N2/c1-13(2)8-10-19-11-9-16-14(4-3-5-17(16)19)12-18-15-6-7-15/h3-5,9,11,15,18H,1,6-8,10,12H2,2H3. The monoisotopic (exact) mass is 254 g/mol. The maximum absolute atomic E-state index is 3.98. The van der Waals surface area contributed by atoms with E-state index in [0.717, 1.165) is 25.6 Å². The number of aryl methyl sites for hydroxylation is 1. The van der Waals surface area contributed by atoms with Crippen molar-refractivity contribution in [2.45, 2.75) is 45.3 Å². The van der Waals surface area contributed by atoms with Crippen molar-refractivity contribution >= 4 is 10.9 Å². The highest BCUT2D eigenvalue weighted by Gasteiger charge is 2.20. The summed E-state index contributed by atoms with van der Waals surface area (Å²) in [6, 6.07) is 9.64. The second kappa shape index (κ2) is 5.22. The number of aromatic nitrogens is 1. The molecule has 0 radical (unpaired) electrons. The largest absolute Gasteiger partial charge is 0.347 e. The first-order valence-corrected chi connectivity index (χ1v) is 7.18. The first kappa shape index (κ1) is 12.5. The molecule has 1 saturated carbocycles. The van der Waals surface area contributed by atoms with E-state index in [4.69, 9.17) is 0 Å². The minimum absolute atomic E-state index is 0.765. The molecule has 1 aliphatic carbocycles. The summed E-state index contributed by atoms with van der Waals surface area (Å²) in [5, 5.41) is 4.99. The van der Waals surface area contributed by atoms with Crippen LogP contribution in [0.2, 0.25) is 0 Å². The number of allylic oxidation sites excluding steroid dienone is 1. The first-order chi connectivity index (χ1) is 9.24. The number of fused-ring (bicyclic) bond motifs is 1. The van der Waals surface area contributed by atoms with Crippen LogP contribution in [0.5, 0.6) is 0 Å². The summed E-state index contributed by atoms with van der Waals surface area (Å²) in [5.74, 6) is 0. The molecule has 0 unspecified atom stereocenters. The van der Waals surface area contributed by atoms with Crippen molar-refractivity contribution < 1.29 is 0 Å². The van der Waals surface area contributed by atoms with Gasteiger partial charge in [0.1, 0.15) is 0 Å². The fourth-order valence-corrected chi connectivity index (χ4v) is 2.49. The Morgan fingerprint density at radius 1 is 1.37 bits per heavy atom. The van der Waals surface area contributed by atoms with Crippen LogP contribution in [-0.4, -0.2) is 10.6 Å². The maximum atomic E-state index is 3.98. The summed E-state index contributed by atoms with van der Waals surface area (Å²) >= 11 is 0. The van der Waals surface area contributed by atoms with Crippen LogP contribution in [0.15, 0.2) is 42.6 Å². The van der Waals surface area contributed by atoms with Gasteiger partial charge in [0.05, 0.1) is 0 Å². The smallest absolute Gasteiger partial charge is 0.0483 e. The highest BCUT2D eigenvalue weighted by Crippen LogP contribution is 2.23. The van der Waals surface area contributed by atoms with Gasteiger partial charge in [-0.1, -0.05) is 17.7 Å². The minimum Gasteiger partial charge on any atom is -0.347 e. The second-order valence-electron chi connectivity index (χ2n) is 5.72. The van der Waals surface area contributed by atoms with E-state index in [1.54, 1.807) is 0 Å². The Hall–Kier alpha value is -1.54. The molecule has 0 atom stereocenters. The molecule has 0 saturated heterocycles. The third-order valence-electron chi connectivity index (χ3n) is 3.84. The Kier molecular flexibility index (Phi) is 3.43. The van der Waals surface area contributed by atoms with Gasteiger partial charge in [0.15, 0.2) is 0 Å². The Labute approximate surface area is 115 Å². The summed E-state index contributed by atoms with van der Waals surface area (Å²) < 4.78 is 2.34. The second-order valence-corrected chi connectivity index (χ2v) is 5.72. The predicted octanol–water partition coefficient (Wildman–Crippen LogP) is 3.86. The van der Waals surface area contributed by atoms with Crippen LogP contribution in [0, 0.1) is 0 Å². The minimum atomic E-state index is 0.765. The molecule has 1 aliphatic rings. The molecular formula is C17H22N2. The quantitative estimate of drug-likeness (QED) is 0.775. The van der Waals surface area contributed by atoms with Gasteiger partial charge in [-0.2, -0.15) is 0 Å². The van der Waals surface area contributed by atoms with E-state index >= 15 is 0 Å². The van der Waals surface area contributed by atoms with E-state index in [-0.39, 0.29) is 0 Å². The summed E-state index contributed by atoms with van der Waals surface area (Å²) in [4.78, 5) is 0. The summed E-state index contributed by atoms with van der Waals surface area (Å²) in [6.07, 6.45) is 5.94. The molecule has 19 heavy (non-hydrogen) atoms. The van der Waals surface area contributed by atoms with Crippen molar-refractivity contribution in [3.8, 4) is 0 Å². The van der Waals surface area contributed by atoms with E-state index in [1.807, 2.05) is 0 Å². The molecule has 2 nitrogen and oxygen atoms in total. The predicted molar refractivity (Wildman–Crippen MR) is 81.2 cm³/mol. The molecule has 1 aromatic heterocycles. The fourth-order valence-electron chi connectivity index (χ4n) is 2.49. The van der Waals surface area contributed by atoms with Crippen molar-refractivity contribution in [1.82, 2.24) is 9.88 Å². The van der Waals surface area contributed by atoms with Gasteiger partial charge in [-0.3, -0.25) is 0 Å². The van der Waals surface area contributed by atoms with Gasteiger partial charge in [-0.05, 0) is 43.9 Å². The molecule has 1 fully saturated rings. The SMILES string of the molecule is C=C(C)CCn1ccc2c(CNC3CC3)cccc21. The van der Waals surface area contributed by atoms with E-state index in [1.165, 1.54) is 34.9 Å². The highest BCUT2D eigenvalue weighted by molar-refractivity contribution is 5.83. The fraction of sp³-hybridized carbons (Fsp3) is 0.412. The molecule has 1 aromatic carbocycles. The molecule has 0 bridgehead atoms. The number of hydrogen-bond acceptors (Lipinski definition) is 1. The van der Waals surface area contributed by atoms with Crippen LogP contribution in [0.4, 0.5) is 0 Å². The van der Waals surface area contributed by atoms with Crippen LogP contribution < -0.4 is 5.32 Å². The Balaban J connectivity index is 1.81. The number of rotatable bonds is 6. The average Bonchev–Trinajstić information content (AvgIpc) is 3.13. The molecule has 0 amide bonds. The van der Waals surface area contributed by atoms with Crippen molar-refractivity contribution in [1.29, 1.82) is 0 Å². The van der Waals surface area contributed by atoms with Gasteiger partial charge in [-0.15, -0.1) is 6.58 Å². The van der Waals surface area contributed by atoms with Crippen LogP contribution in [0.1, 0.15) is 31.7 Å². The Bertz CT molecular complexity index is 590. The number of benzene rings is 1. The zero-order valence-corrected chi connectivity index (χ0v) is 11.7. The van der Waals surface area contributed by atoms with Crippen LogP contribution in [0.25, 0.3) is 10.9 Å². The Morgan fingerprint density at radius 2 is 2.21 bits per heavy atom. The molecule has 1 heterocycles. The van der Waals surface area contributed by atoms with Gasteiger partial charge < -0.3 is 9.88 Å². The zero-order chi connectivity index (χ0) is 13.2. The van der Waals surface area contributed by atoms with Crippen molar-refractivity contribution in [3.63, 3.8) is 0 Å². The lowest BCUT2D eigenvalue weighted by atomic mass is 10.1. The van der Waals surface area contributed by atoms with Crippen LogP contribution in [0.3, 0.4) is 0 Å². The number of hydrogen-bond donors (Lipinski definition) is 1. The highest BCUT2D eigenvalue weighted by atomic mass is 15.0. The molecule has 2 aromatic rings. The molecule has 1 N–H and O–H groups in total. The normalized spacial score (nSPS) is 15.0. The van der Waals surface area contributed by atoms with Crippen molar-refractivity contribution in [2.75, 3.05) is 0 Å². The van der Waals surface area contributed by atoms with E-state index in [0.29, 0.717) is 0 Å². The topological polar surface area (TPSA) is 17.0 Å². The van der Waals surface area contributed by atoms with E-state index in [9.17, 15) is 0 Å².